The van der Waals surface area contributed by atoms with E-state index in [9.17, 15) is 4.79 Å². The highest BCUT2D eigenvalue weighted by atomic mass is 35.5. The summed E-state index contributed by atoms with van der Waals surface area (Å²) in [5.41, 5.74) is 6.02. The van der Waals surface area contributed by atoms with E-state index in [1.165, 1.54) is 6.07 Å². The summed E-state index contributed by atoms with van der Waals surface area (Å²) < 4.78 is 0. The van der Waals surface area contributed by atoms with Gasteiger partial charge in [-0.2, -0.15) is 0 Å². The van der Waals surface area contributed by atoms with Gasteiger partial charge < -0.3 is 21.3 Å². The van der Waals surface area contributed by atoms with Crippen molar-refractivity contribution in [2.24, 2.45) is 0 Å². The van der Waals surface area contributed by atoms with Crippen molar-refractivity contribution in [3.63, 3.8) is 0 Å². The molecule has 0 bridgehead atoms. The molecule has 1 aromatic carbocycles. The van der Waals surface area contributed by atoms with Crippen molar-refractivity contribution < 1.29 is 15.0 Å². The third-order valence-electron chi connectivity index (χ3n) is 2.07. The molecule has 1 amide bonds. The highest BCUT2D eigenvalue weighted by molar-refractivity contribution is 6.33. The zero-order valence-electron chi connectivity index (χ0n) is 8.48. The van der Waals surface area contributed by atoms with E-state index >= 15 is 0 Å². The first-order chi connectivity index (χ1) is 7.60. The fraction of sp³-hybridized carbons (Fsp3) is 0.300. The molecule has 0 aliphatic carbocycles. The number of carbonyl (C=O) groups is 1. The lowest BCUT2D eigenvalue weighted by molar-refractivity contribution is 0.0880. The summed E-state index contributed by atoms with van der Waals surface area (Å²) in [4.78, 5) is 11.7. The first-order valence-electron chi connectivity index (χ1n) is 4.66. The van der Waals surface area contributed by atoms with Crippen molar-refractivity contribution in [1.82, 2.24) is 5.32 Å². The number of carbonyl (C=O) groups excluding carboxylic acids is 1. The van der Waals surface area contributed by atoms with E-state index in [1.807, 2.05) is 0 Å². The average Bonchev–Trinajstić information content (AvgIpc) is 2.29. The van der Waals surface area contributed by atoms with Crippen molar-refractivity contribution in [1.29, 1.82) is 0 Å². The molecule has 0 saturated carbocycles. The van der Waals surface area contributed by atoms with E-state index in [2.05, 4.69) is 5.32 Å². The summed E-state index contributed by atoms with van der Waals surface area (Å²) in [5, 5.41) is 20.3. The molecular formula is C10H13ClN2O3. The molecule has 6 heteroatoms. The van der Waals surface area contributed by atoms with Gasteiger partial charge in [-0.25, -0.2) is 0 Å². The third kappa shape index (κ3) is 2.85. The first-order valence-corrected chi connectivity index (χ1v) is 5.04. The molecule has 0 fully saturated rings. The summed E-state index contributed by atoms with van der Waals surface area (Å²) in [6.07, 6.45) is 0. The number of halogens is 1. The third-order valence-corrected chi connectivity index (χ3v) is 2.40. The Hall–Kier alpha value is -1.30. The Bertz CT molecular complexity index is 380. The minimum absolute atomic E-state index is 0.177. The Morgan fingerprint density at radius 3 is 2.62 bits per heavy atom. The second-order valence-corrected chi connectivity index (χ2v) is 3.64. The molecule has 0 radical (unpaired) electrons. The number of aliphatic hydroxyl groups excluding tert-OH is 2. The molecule has 0 spiro atoms. The highest BCUT2D eigenvalue weighted by Gasteiger charge is 2.15. The molecule has 0 unspecified atom stereocenters. The summed E-state index contributed by atoms with van der Waals surface area (Å²) >= 11 is 5.76. The molecule has 0 aromatic heterocycles. The van der Waals surface area contributed by atoms with E-state index < -0.39 is 11.9 Å². The van der Waals surface area contributed by atoms with Crippen LogP contribution in [-0.2, 0) is 0 Å². The summed E-state index contributed by atoms with van der Waals surface area (Å²) in [6.45, 7) is -0.689. The van der Waals surface area contributed by atoms with Crippen LogP contribution in [0.25, 0.3) is 0 Å². The monoisotopic (exact) mass is 244 g/mol. The molecule has 1 aromatic rings. The van der Waals surface area contributed by atoms with Gasteiger partial charge in [-0.05, 0) is 12.1 Å². The van der Waals surface area contributed by atoms with E-state index in [4.69, 9.17) is 27.5 Å². The predicted octanol–water partition coefficient (Wildman–Crippen LogP) is 0.00520. The number of nitrogen functional groups attached to an aromatic ring is 1. The number of amides is 1. The van der Waals surface area contributed by atoms with Gasteiger partial charge in [0.1, 0.15) is 0 Å². The van der Waals surface area contributed by atoms with E-state index in [-0.39, 0.29) is 29.5 Å². The van der Waals surface area contributed by atoms with Crippen LogP contribution in [-0.4, -0.2) is 35.4 Å². The normalized spacial score (nSPS) is 10.5. The molecular weight excluding hydrogens is 232 g/mol. The SMILES string of the molecule is Nc1c(Cl)cccc1C(=O)NC(CO)CO. The lowest BCUT2D eigenvalue weighted by Gasteiger charge is -2.14. The molecule has 1 rings (SSSR count). The predicted molar refractivity (Wildman–Crippen MR) is 61.3 cm³/mol. The summed E-state index contributed by atoms with van der Waals surface area (Å²) in [5.74, 6) is -0.479. The fourth-order valence-corrected chi connectivity index (χ4v) is 1.32. The first kappa shape index (κ1) is 12.8. The van der Waals surface area contributed by atoms with Gasteiger partial charge in [-0.3, -0.25) is 4.79 Å². The zero-order chi connectivity index (χ0) is 12.1. The summed E-state index contributed by atoms with van der Waals surface area (Å²) in [7, 11) is 0. The van der Waals surface area contributed by atoms with Gasteiger partial charge in [-0.1, -0.05) is 17.7 Å². The Kier molecular flexibility index (Phi) is 4.54. The summed E-state index contributed by atoms with van der Waals surface area (Å²) in [6, 6.07) is 3.98. The molecule has 5 N–H and O–H groups in total. The second-order valence-electron chi connectivity index (χ2n) is 3.24. The Morgan fingerprint density at radius 2 is 2.06 bits per heavy atom. The number of nitrogens with two attached hydrogens (primary N) is 1. The van der Waals surface area contributed by atoms with Gasteiger partial charge in [-0.15, -0.1) is 0 Å². The van der Waals surface area contributed by atoms with Gasteiger partial charge >= 0.3 is 0 Å². The van der Waals surface area contributed by atoms with E-state index in [1.54, 1.807) is 12.1 Å². The van der Waals surface area contributed by atoms with Crippen LogP contribution in [0.15, 0.2) is 18.2 Å². The number of benzene rings is 1. The fourth-order valence-electron chi connectivity index (χ4n) is 1.15. The molecule has 0 saturated heterocycles. The number of rotatable bonds is 4. The molecule has 5 nitrogen and oxygen atoms in total. The standard InChI is InChI=1S/C10H13ClN2O3/c11-8-3-1-2-7(9(8)12)10(16)13-6(4-14)5-15/h1-3,6,14-15H,4-5,12H2,(H,13,16). The van der Waals surface area contributed by atoms with Crippen LogP contribution >= 0.6 is 11.6 Å². The number of anilines is 1. The molecule has 16 heavy (non-hydrogen) atoms. The van der Waals surface area contributed by atoms with E-state index in [0.29, 0.717) is 0 Å². The van der Waals surface area contributed by atoms with Crippen molar-refractivity contribution >= 4 is 23.2 Å². The molecule has 0 atom stereocenters. The number of hydrogen-bond donors (Lipinski definition) is 4. The highest BCUT2D eigenvalue weighted by Crippen LogP contribution is 2.22. The Labute approximate surface area is 97.8 Å². The maximum atomic E-state index is 11.7. The zero-order valence-corrected chi connectivity index (χ0v) is 9.24. The number of nitrogens with one attached hydrogen (secondary N) is 1. The number of hydrogen-bond acceptors (Lipinski definition) is 4. The van der Waals surface area contributed by atoms with Gasteiger partial charge in [0.05, 0.1) is 35.5 Å². The van der Waals surface area contributed by atoms with Gasteiger partial charge in [0.15, 0.2) is 0 Å². The van der Waals surface area contributed by atoms with Gasteiger partial charge in [0.25, 0.3) is 5.91 Å². The topological polar surface area (TPSA) is 95.6 Å². The van der Waals surface area contributed by atoms with Crippen molar-refractivity contribution in [3.05, 3.63) is 28.8 Å². The van der Waals surface area contributed by atoms with Gasteiger partial charge in [0, 0.05) is 0 Å². The second kappa shape index (κ2) is 5.69. The van der Waals surface area contributed by atoms with Crippen LogP contribution in [0, 0.1) is 0 Å². The maximum Gasteiger partial charge on any atom is 0.253 e. The molecule has 0 aliphatic rings. The van der Waals surface area contributed by atoms with Crippen LogP contribution in [0.3, 0.4) is 0 Å². The van der Waals surface area contributed by atoms with Crippen molar-refractivity contribution in [2.75, 3.05) is 18.9 Å². The maximum absolute atomic E-state index is 11.7. The van der Waals surface area contributed by atoms with Crippen molar-refractivity contribution in [3.8, 4) is 0 Å². The number of aliphatic hydroxyl groups is 2. The lowest BCUT2D eigenvalue weighted by atomic mass is 10.1. The van der Waals surface area contributed by atoms with Crippen molar-refractivity contribution in [2.45, 2.75) is 6.04 Å². The Balaban J connectivity index is 2.84. The van der Waals surface area contributed by atoms with Crippen LogP contribution in [0.1, 0.15) is 10.4 Å². The quantitative estimate of drug-likeness (QED) is 0.561. The van der Waals surface area contributed by atoms with Crippen LogP contribution < -0.4 is 11.1 Å². The van der Waals surface area contributed by atoms with Crippen LogP contribution in [0.4, 0.5) is 5.69 Å². The largest absolute Gasteiger partial charge is 0.397 e. The van der Waals surface area contributed by atoms with E-state index in [0.717, 1.165) is 0 Å². The Morgan fingerprint density at radius 1 is 1.44 bits per heavy atom. The van der Waals surface area contributed by atoms with Gasteiger partial charge in [0.2, 0.25) is 0 Å². The van der Waals surface area contributed by atoms with Crippen LogP contribution in [0.2, 0.25) is 5.02 Å². The minimum Gasteiger partial charge on any atom is -0.397 e. The average molecular weight is 245 g/mol. The number of para-hydroxylation sites is 1. The lowest BCUT2D eigenvalue weighted by Crippen LogP contribution is -2.40. The minimum atomic E-state index is -0.703. The van der Waals surface area contributed by atoms with Crippen LogP contribution in [0.5, 0.6) is 0 Å². The molecule has 0 heterocycles. The molecule has 88 valence electrons. The smallest absolute Gasteiger partial charge is 0.253 e. The molecule has 0 aliphatic heterocycles.